The van der Waals surface area contributed by atoms with Crippen LogP contribution in [-0.4, -0.2) is 56.9 Å². The van der Waals surface area contributed by atoms with Gasteiger partial charge < -0.3 is 4.90 Å². The molecular formula is C13H21N5O. The van der Waals surface area contributed by atoms with E-state index in [0.717, 1.165) is 57.7 Å². The van der Waals surface area contributed by atoms with Crippen molar-refractivity contribution < 1.29 is 4.79 Å². The molecule has 2 aliphatic rings. The molecule has 2 fully saturated rings. The van der Waals surface area contributed by atoms with Crippen molar-refractivity contribution in [2.75, 3.05) is 26.2 Å². The van der Waals surface area contributed by atoms with Gasteiger partial charge in [0.15, 0.2) is 0 Å². The van der Waals surface area contributed by atoms with Crippen LogP contribution in [0, 0.1) is 5.92 Å². The van der Waals surface area contributed by atoms with Gasteiger partial charge in [-0.05, 0) is 19.3 Å². The van der Waals surface area contributed by atoms with Gasteiger partial charge in [-0.3, -0.25) is 14.4 Å². The molecule has 0 unspecified atom stereocenters. The average Bonchev–Trinajstić information content (AvgIpc) is 3.18. The molecule has 6 nitrogen and oxygen atoms in total. The van der Waals surface area contributed by atoms with E-state index in [9.17, 15) is 4.79 Å². The number of carbonyl (C=O) groups is 1. The second-order valence-corrected chi connectivity index (χ2v) is 5.61. The predicted octanol–water partition coefficient (Wildman–Crippen LogP) is 0.259. The smallest absolute Gasteiger partial charge is 0.225 e. The van der Waals surface area contributed by atoms with Crippen molar-refractivity contribution in [1.82, 2.24) is 24.8 Å². The molecule has 2 heterocycles. The minimum atomic E-state index is 0.339. The number of aromatic nitrogens is 3. The van der Waals surface area contributed by atoms with Crippen molar-refractivity contribution in [3.63, 3.8) is 0 Å². The van der Waals surface area contributed by atoms with Crippen LogP contribution in [0.5, 0.6) is 0 Å². The van der Waals surface area contributed by atoms with Crippen LogP contribution in [0.2, 0.25) is 0 Å². The van der Waals surface area contributed by atoms with Gasteiger partial charge in [0.25, 0.3) is 0 Å². The number of nitrogens with zero attached hydrogens (tertiary/aromatic N) is 5. The molecule has 1 aliphatic heterocycles. The summed E-state index contributed by atoms with van der Waals surface area (Å²) in [7, 11) is 1.88. The van der Waals surface area contributed by atoms with Gasteiger partial charge in [0.2, 0.25) is 5.91 Å². The fourth-order valence-corrected chi connectivity index (χ4v) is 2.63. The number of aryl methyl sites for hydroxylation is 1. The van der Waals surface area contributed by atoms with Gasteiger partial charge in [0.05, 0.1) is 5.69 Å². The number of rotatable bonds is 3. The summed E-state index contributed by atoms with van der Waals surface area (Å²) in [4.78, 5) is 16.5. The molecule has 1 aliphatic carbocycles. The lowest BCUT2D eigenvalue weighted by atomic mass is 10.3. The summed E-state index contributed by atoms with van der Waals surface area (Å²) in [6.45, 7) is 4.57. The summed E-state index contributed by atoms with van der Waals surface area (Å²) in [6.07, 6.45) is 5.20. The van der Waals surface area contributed by atoms with Crippen molar-refractivity contribution in [3.8, 4) is 0 Å². The highest BCUT2D eigenvalue weighted by Crippen LogP contribution is 2.31. The Kier molecular flexibility index (Phi) is 3.50. The van der Waals surface area contributed by atoms with Gasteiger partial charge in [-0.25, -0.2) is 0 Å². The van der Waals surface area contributed by atoms with Crippen LogP contribution in [0.4, 0.5) is 0 Å². The molecule has 0 N–H and O–H groups in total. The lowest BCUT2D eigenvalue weighted by molar-refractivity contribution is -0.132. The van der Waals surface area contributed by atoms with Crippen LogP contribution in [0.15, 0.2) is 6.20 Å². The molecule has 1 amide bonds. The molecule has 0 spiro atoms. The minimum absolute atomic E-state index is 0.339. The molecule has 104 valence electrons. The Morgan fingerprint density at radius 2 is 2.16 bits per heavy atom. The molecule has 3 rings (SSSR count). The Hall–Kier alpha value is -1.43. The van der Waals surface area contributed by atoms with Crippen LogP contribution in [-0.2, 0) is 18.4 Å². The second kappa shape index (κ2) is 5.28. The van der Waals surface area contributed by atoms with E-state index in [1.807, 2.05) is 18.1 Å². The summed E-state index contributed by atoms with van der Waals surface area (Å²) in [5.74, 6) is 0.716. The Morgan fingerprint density at radius 1 is 1.32 bits per heavy atom. The van der Waals surface area contributed by atoms with Gasteiger partial charge >= 0.3 is 0 Å². The number of hydrogen-bond acceptors (Lipinski definition) is 4. The Labute approximate surface area is 113 Å². The first-order valence-electron chi connectivity index (χ1n) is 7.09. The van der Waals surface area contributed by atoms with Gasteiger partial charge in [-0.15, -0.1) is 5.10 Å². The Morgan fingerprint density at radius 3 is 2.84 bits per heavy atom. The molecule has 1 aromatic heterocycles. The molecule has 1 saturated heterocycles. The number of carbonyl (C=O) groups excluding carboxylic acids is 1. The van der Waals surface area contributed by atoms with Crippen LogP contribution in [0.1, 0.15) is 25.0 Å². The molecule has 0 atom stereocenters. The molecule has 0 radical (unpaired) electrons. The Balaban J connectivity index is 1.53. The minimum Gasteiger partial charge on any atom is -0.341 e. The predicted molar refractivity (Wildman–Crippen MR) is 70.2 cm³/mol. The second-order valence-electron chi connectivity index (χ2n) is 5.61. The first-order valence-corrected chi connectivity index (χ1v) is 7.09. The third-order valence-corrected chi connectivity index (χ3v) is 3.86. The van der Waals surface area contributed by atoms with Crippen LogP contribution in [0.3, 0.4) is 0 Å². The quantitative estimate of drug-likeness (QED) is 0.785. The van der Waals surface area contributed by atoms with Gasteiger partial charge in [0, 0.05) is 51.9 Å². The van der Waals surface area contributed by atoms with Gasteiger partial charge in [-0.2, -0.15) is 0 Å². The van der Waals surface area contributed by atoms with Crippen molar-refractivity contribution in [2.45, 2.75) is 25.8 Å². The Bertz CT molecular complexity index is 454. The fraction of sp³-hybridized carbons (Fsp3) is 0.769. The zero-order valence-electron chi connectivity index (χ0n) is 11.5. The zero-order valence-corrected chi connectivity index (χ0v) is 11.5. The van der Waals surface area contributed by atoms with E-state index in [0.29, 0.717) is 11.8 Å². The third-order valence-electron chi connectivity index (χ3n) is 3.86. The molecule has 1 saturated carbocycles. The first kappa shape index (κ1) is 12.6. The molecule has 0 aromatic carbocycles. The SMILES string of the molecule is Cn1cc(CN2CCCN(C(=O)C3CC3)CC2)nn1. The number of amides is 1. The van der Waals surface area contributed by atoms with Crippen molar-refractivity contribution >= 4 is 5.91 Å². The molecule has 0 bridgehead atoms. The van der Waals surface area contributed by atoms with E-state index in [2.05, 4.69) is 15.2 Å². The highest BCUT2D eigenvalue weighted by molar-refractivity contribution is 5.81. The highest BCUT2D eigenvalue weighted by Gasteiger charge is 2.33. The molecular weight excluding hydrogens is 242 g/mol. The summed E-state index contributed by atoms with van der Waals surface area (Å²) in [6, 6.07) is 0. The zero-order chi connectivity index (χ0) is 13.2. The normalized spacial score (nSPS) is 21.4. The largest absolute Gasteiger partial charge is 0.341 e. The summed E-state index contributed by atoms with van der Waals surface area (Å²) in [5, 5.41) is 8.08. The standard InChI is InChI=1S/C13H21N5O/c1-16-9-12(14-15-16)10-17-5-2-6-18(8-7-17)13(19)11-3-4-11/h9,11H,2-8,10H2,1H3. The van der Waals surface area contributed by atoms with E-state index in [4.69, 9.17) is 0 Å². The molecule has 1 aromatic rings. The summed E-state index contributed by atoms with van der Waals surface area (Å²) in [5.41, 5.74) is 1.00. The monoisotopic (exact) mass is 263 g/mol. The lowest BCUT2D eigenvalue weighted by Gasteiger charge is -2.21. The number of hydrogen-bond donors (Lipinski definition) is 0. The molecule has 19 heavy (non-hydrogen) atoms. The van der Waals surface area contributed by atoms with Crippen LogP contribution >= 0.6 is 0 Å². The lowest BCUT2D eigenvalue weighted by Crippen LogP contribution is -2.36. The molecule has 6 heteroatoms. The topological polar surface area (TPSA) is 54.3 Å². The van der Waals surface area contributed by atoms with Crippen molar-refractivity contribution in [1.29, 1.82) is 0 Å². The van der Waals surface area contributed by atoms with E-state index in [1.54, 1.807) is 4.68 Å². The van der Waals surface area contributed by atoms with E-state index >= 15 is 0 Å². The summed E-state index contributed by atoms with van der Waals surface area (Å²) < 4.78 is 1.73. The van der Waals surface area contributed by atoms with Crippen LogP contribution in [0.25, 0.3) is 0 Å². The fourth-order valence-electron chi connectivity index (χ4n) is 2.63. The highest BCUT2D eigenvalue weighted by atomic mass is 16.2. The summed E-state index contributed by atoms with van der Waals surface area (Å²) >= 11 is 0. The third kappa shape index (κ3) is 3.12. The maximum Gasteiger partial charge on any atom is 0.225 e. The van der Waals surface area contributed by atoms with Crippen LogP contribution < -0.4 is 0 Å². The average molecular weight is 263 g/mol. The van der Waals surface area contributed by atoms with E-state index < -0.39 is 0 Å². The van der Waals surface area contributed by atoms with Crippen molar-refractivity contribution in [2.24, 2.45) is 13.0 Å². The van der Waals surface area contributed by atoms with E-state index in [-0.39, 0.29) is 0 Å². The first-order chi connectivity index (χ1) is 9.22. The maximum absolute atomic E-state index is 12.1. The van der Waals surface area contributed by atoms with Gasteiger partial charge in [0.1, 0.15) is 0 Å². The van der Waals surface area contributed by atoms with E-state index in [1.165, 1.54) is 0 Å². The maximum atomic E-state index is 12.1. The van der Waals surface area contributed by atoms with Gasteiger partial charge in [-0.1, -0.05) is 5.21 Å². The van der Waals surface area contributed by atoms with Crippen molar-refractivity contribution in [3.05, 3.63) is 11.9 Å².